The summed E-state index contributed by atoms with van der Waals surface area (Å²) in [5.74, 6) is -0.625. The summed E-state index contributed by atoms with van der Waals surface area (Å²) in [6, 6.07) is 11.6. The first-order chi connectivity index (χ1) is 15.3. The van der Waals surface area contributed by atoms with Gasteiger partial charge in [-0.1, -0.05) is 23.9 Å². The van der Waals surface area contributed by atoms with Crippen LogP contribution in [-0.4, -0.2) is 52.3 Å². The summed E-state index contributed by atoms with van der Waals surface area (Å²) in [6.07, 6.45) is -0.0818. The van der Waals surface area contributed by atoms with E-state index in [4.69, 9.17) is 4.74 Å². The van der Waals surface area contributed by atoms with Crippen LogP contribution in [0, 0.1) is 24.0 Å². The van der Waals surface area contributed by atoms with E-state index in [0.29, 0.717) is 24.0 Å². The molecule has 0 aliphatic carbocycles. The molecule has 1 N–H and O–H groups in total. The molecule has 168 valence electrons. The molecular formula is C22H24N4O5S. The molecule has 1 unspecified atom stereocenters. The van der Waals surface area contributed by atoms with Crippen LogP contribution in [0.5, 0.6) is 0 Å². The van der Waals surface area contributed by atoms with Gasteiger partial charge in [0.1, 0.15) is 5.25 Å². The van der Waals surface area contributed by atoms with Crippen LogP contribution in [0.3, 0.4) is 0 Å². The van der Waals surface area contributed by atoms with Gasteiger partial charge in [0, 0.05) is 31.4 Å². The average molecular weight is 457 g/mol. The first kappa shape index (κ1) is 23.4. The number of nitro benzene ring substituents is 1. The smallest absolute Gasteiger partial charge is 0.271 e. The maximum atomic E-state index is 13.0. The number of nitro groups is 1. The largest absolute Gasteiger partial charge is 0.383 e. The van der Waals surface area contributed by atoms with Gasteiger partial charge in [0.05, 0.1) is 23.8 Å². The number of aliphatic imine (C=N–C) groups is 1. The SMILES string of the molecule is COCCN1C(=O)C(CC(=O)Nc2cccc([N+](=O)[O-])c2)SC1=Nc1cc(C)cc(C)c1. The zero-order valence-electron chi connectivity index (χ0n) is 18.0. The predicted molar refractivity (Wildman–Crippen MR) is 124 cm³/mol. The maximum Gasteiger partial charge on any atom is 0.271 e. The number of carbonyl (C=O) groups excluding carboxylic acids is 2. The lowest BCUT2D eigenvalue weighted by Crippen LogP contribution is -2.35. The predicted octanol–water partition coefficient (Wildman–Crippen LogP) is 3.82. The summed E-state index contributed by atoms with van der Waals surface area (Å²) in [4.78, 5) is 42.1. The Bertz CT molecular complexity index is 1050. The molecule has 0 bridgehead atoms. The third-order valence-corrected chi connectivity index (χ3v) is 5.86. The first-order valence-corrected chi connectivity index (χ1v) is 10.8. The van der Waals surface area contributed by atoms with Gasteiger partial charge in [0.15, 0.2) is 5.17 Å². The van der Waals surface area contributed by atoms with Crippen molar-refractivity contribution in [2.24, 2.45) is 4.99 Å². The maximum absolute atomic E-state index is 13.0. The number of anilines is 1. The summed E-state index contributed by atoms with van der Waals surface area (Å²) < 4.78 is 5.12. The van der Waals surface area contributed by atoms with Gasteiger partial charge in [-0.3, -0.25) is 24.6 Å². The Labute approximate surface area is 190 Å². The van der Waals surface area contributed by atoms with Crippen LogP contribution >= 0.6 is 11.8 Å². The number of nitrogens with one attached hydrogen (secondary N) is 1. The van der Waals surface area contributed by atoms with Crippen LogP contribution in [0.15, 0.2) is 47.5 Å². The highest BCUT2D eigenvalue weighted by Crippen LogP contribution is 2.32. The Kier molecular flexibility index (Phi) is 7.60. The lowest BCUT2D eigenvalue weighted by Gasteiger charge is -2.16. The van der Waals surface area contributed by atoms with Crippen molar-refractivity contribution in [2.75, 3.05) is 25.6 Å². The van der Waals surface area contributed by atoms with Gasteiger partial charge in [-0.25, -0.2) is 4.99 Å². The number of hydrogen-bond acceptors (Lipinski definition) is 7. The van der Waals surface area contributed by atoms with E-state index in [-0.39, 0.29) is 18.0 Å². The minimum absolute atomic E-state index is 0.0818. The monoisotopic (exact) mass is 456 g/mol. The molecule has 1 aliphatic rings. The zero-order valence-corrected chi connectivity index (χ0v) is 18.8. The lowest BCUT2D eigenvalue weighted by atomic mass is 10.1. The fraction of sp³-hybridized carbons (Fsp3) is 0.318. The quantitative estimate of drug-likeness (QED) is 0.477. The molecule has 1 fully saturated rings. The number of nitrogens with zero attached hydrogens (tertiary/aromatic N) is 3. The van der Waals surface area contributed by atoms with E-state index in [2.05, 4.69) is 10.3 Å². The summed E-state index contributed by atoms with van der Waals surface area (Å²) >= 11 is 1.23. The third kappa shape index (κ3) is 5.92. The number of methoxy groups -OCH3 is 1. The van der Waals surface area contributed by atoms with E-state index in [9.17, 15) is 19.7 Å². The Morgan fingerprint density at radius 3 is 2.62 bits per heavy atom. The number of hydrogen-bond donors (Lipinski definition) is 1. The number of non-ortho nitro benzene ring substituents is 1. The van der Waals surface area contributed by atoms with Crippen molar-refractivity contribution < 1.29 is 19.2 Å². The molecule has 2 aromatic rings. The normalized spacial score (nSPS) is 17.1. The van der Waals surface area contributed by atoms with Crippen molar-refractivity contribution >= 4 is 45.8 Å². The number of amidine groups is 1. The lowest BCUT2D eigenvalue weighted by molar-refractivity contribution is -0.384. The molecule has 0 saturated carbocycles. The molecule has 9 nitrogen and oxygen atoms in total. The fourth-order valence-electron chi connectivity index (χ4n) is 3.32. The number of aryl methyl sites for hydroxylation is 2. The molecule has 10 heteroatoms. The third-order valence-electron chi connectivity index (χ3n) is 4.68. The van der Waals surface area contributed by atoms with Crippen molar-refractivity contribution in [3.63, 3.8) is 0 Å². The van der Waals surface area contributed by atoms with Crippen LogP contribution in [0.25, 0.3) is 0 Å². The topological polar surface area (TPSA) is 114 Å². The Balaban J connectivity index is 1.76. The van der Waals surface area contributed by atoms with Gasteiger partial charge < -0.3 is 10.1 Å². The van der Waals surface area contributed by atoms with E-state index in [1.807, 2.05) is 32.0 Å². The number of benzene rings is 2. The molecule has 0 radical (unpaired) electrons. The van der Waals surface area contributed by atoms with E-state index in [1.165, 1.54) is 34.9 Å². The van der Waals surface area contributed by atoms with E-state index >= 15 is 0 Å². The van der Waals surface area contributed by atoms with Crippen molar-refractivity contribution in [3.05, 3.63) is 63.7 Å². The number of amides is 2. The number of thioether (sulfide) groups is 1. The van der Waals surface area contributed by atoms with Crippen LogP contribution in [-0.2, 0) is 14.3 Å². The second-order valence-corrected chi connectivity index (χ2v) is 8.56. The fourth-order valence-corrected chi connectivity index (χ4v) is 4.50. The van der Waals surface area contributed by atoms with E-state index < -0.39 is 16.1 Å². The molecule has 0 aromatic heterocycles. The molecule has 3 rings (SSSR count). The van der Waals surface area contributed by atoms with Crippen molar-refractivity contribution in [2.45, 2.75) is 25.5 Å². The van der Waals surface area contributed by atoms with E-state index in [0.717, 1.165) is 16.8 Å². The second kappa shape index (κ2) is 10.4. The molecule has 1 aliphatic heterocycles. The van der Waals surface area contributed by atoms with Crippen molar-refractivity contribution in [3.8, 4) is 0 Å². The van der Waals surface area contributed by atoms with E-state index in [1.54, 1.807) is 13.2 Å². The van der Waals surface area contributed by atoms with Crippen LogP contribution in [0.1, 0.15) is 17.5 Å². The minimum atomic E-state index is -0.643. The van der Waals surface area contributed by atoms with Crippen LogP contribution < -0.4 is 5.32 Å². The Morgan fingerprint density at radius 1 is 1.25 bits per heavy atom. The second-order valence-electron chi connectivity index (χ2n) is 7.39. The minimum Gasteiger partial charge on any atom is -0.383 e. The first-order valence-electron chi connectivity index (χ1n) is 9.95. The number of ether oxygens (including phenoxy) is 1. The highest BCUT2D eigenvalue weighted by atomic mass is 32.2. The van der Waals surface area contributed by atoms with Gasteiger partial charge in [-0.2, -0.15) is 0 Å². The molecule has 1 saturated heterocycles. The molecule has 1 atom stereocenters. The number of rotatable bonds is 8. The zero-order chi connectivity index (χ0) is 23.3. The molecule has 2 amide bonds. The van der Waals surface area contributed by atoms with Crippen molar-refractivity contribution in [1.29, 1.82) is 0 Å². The Hall–Kier alpha value is -3.24. The van der Waals surface area contributed by atoms with Gasteiger partial charge >= 0.3 is 0 Å². The van der Waals surface area contributed by atoms with Crippen molar-refractivity contribution in [1.82, 2.24) is 4.90 Å². The summed E-state index contributed by atoms with van der Waals surface area (Å²) in [6.45, 7) is 4.63. The highest BCUT2D eigenvalue weighted by molar-refractivity contribution is 8.15. The summed E-state index contributed by atoms with van der Waals surface area (Å²) in [5.41, 5.74) is 3.05. The Morgan fingerprint density at radius 2 is 1.97 bits per heavy atom. The van der Waals surface area contributed by atoms with Crippen LogP contribution in [0.2, 0.25) is 0 Å². The van der Waals surface area contributed by atoms with Gasteiger partial charge in [-0.15, -0.1) is 0 Å². The van der Waals surface area contributed by atoms with Gasteiger partial charge in [0.2, 0.25) is 11.8 Å². The van der Waals surface area contributed by atoms with Gasteiger partial charge in [0.25, 0.3) is 5.69 Å². The summed E-state index contributed by atoms with van der Waals surface area (Å²) in [5, 5.41) is 13.4. The molecule has 1 heterocycles. The standard InChI is InChI=1S/C22H24N4O5S/c1-14-9-15(2)11-17(10-14)24-22-25(7-8-31-3)21(28)19(32-22)13-20(27)23-16-5-4-6-18(12-16)26(29)30/h4-6,9-12,19H,7-8,13H2,1-3H3,(H,23,27). The summed E-state index contributed by atoms with van der Waals surface area (Å²) in [7, 11) is 1.55. The molecular weight excluding hydrogens is 432 g/mol. The van der Waals surface area contributed by atoms with Crippen LogP contribution in [0.4, 0.5) is 17.1 Å². The molecule has 32 heavy (non-hydrogen) atoms. The highest BCUT2D eigenvalue weighted by Gasteiger charge is 2.39. The number of carbonyl (C=O) groups is 2. The molecule has 2 aromatic carbocycles. The molecule has 0 spiro atoms. The van der Waals surface area contributed by atoms with Gasteiger partial charge in [-0.05, 0) is 43.2 Å². The average Bonchev–Trinajstić information content (AvgIpc) is 2.99.